The number of halogens is 1. The average molecular weight is 248 g/mol. The summed E-state index contributed by atoms with van der Waals surface area (Å²) in [6.07, 6.45) is 3.45. The number of aryl methyl sites for hydroxylation is 1. The molecule has 2 rings (SSSR count). The van der Waals surface area contributed by atoms with Gasteiger partial charge in [0.25, 0.3) is 0 Å². The number of benzene rings is 1. The summed E-state index contributed by atoms with van der Waals surface area (Å²) in [5.74, 6) is 0. The second kappa shape index (κ2) is 5.25. The Bertz CT molecular complexity index is 499. The van der Waals surface area contributed by atoms with Crippen molar-refractivity contribution in [3.05, 3.63) is 58.4 Å². The molecule has 0 amide bonds. The van der Waals surface area contributed by atoms with Crippen LogP contribution in [0.4, 0.5) is 0 Å². The molecule has 1 atom stereocenters. The fourth-order valence-corrected chi connectivity index (χ4v) is 1.98. The molecule has 0 aliphatic heterocycles. The molecule has 3 nitrogen and oxygen atoms in total. The van der Waals surface area contributed by atoms with Gasteiger partial charge in [0.05, 0.1) is 12.2 Å². The van der Waals surface area contributed by atoms with Crippen LogP contribution in [0.1, 0.15) is 22.7 Å². The van der Waals surface area contributed by atoms with Gasteiger partial charge in [0.2, 0.25) is 0 Å². The summed E-state index contributed by atoms with van der Waals surface area (Å²) in [5, 5.41) is 11.7. The first-order valence-corrected chi connectivity index (χ1v) is 5.80. The van der Waals surface area contributed by atoms with E-state index < -0.39 is 0 Å². The lowest BCUT2D eigenvalue weighted by Crippen LogP contribution is -2.18. The molecule has 88 valence electrons. The van der Waals surface area contributed by atoms with Gasteiger partial charge in [0, 0.05) is 11.2 Å². The molecule has 0 saturated carbocycles. The minimum absolute atomic E-state index is 0.0867. The molecule has 0 fully saturated rings. The molecular weight excluding hydrogens is 234 g/mol. The predicted molar refractivity (Wildman–Crippen MR) is 69.1 cm³/mol. The fraction of sp³-hybridized carbons (Fsp3) is 0.231. The lowest BCUT2D eigenvalue weighted by molar-refractivity contribution is 0.685. The Balaban J connectivity index is 2.39. The topological polar surface area (TPSA) is 37.8 Å². The van der Waals surface area contributed by atoms with Crippen molar-refractivity contribution in [3.8, 4) is 0 Å². The van der Waals surface area contributed by atoms with Gasteiger partial charge in [-0.1, -0.05) is 23.7 Å². The summed E-state index contributed by atoms with van der Waals surface area (Å²) in [6.45, 7) is 1.99. The van der Waals surface area contributed by atoms with E-state index in [-0.39, 0.29) is 6.04 Å². The van der Waals surface area contributed by atoms with Crippen LogP contribution in [0.25, 0.3) is 0 Å². The van der Waals surface area contributed by atoms with Gasteiger partial charge in [-0.15, -0.1) is 0 Å². The zero-order valence-corrected chi connectivity index (χ0v) is 10.6. The standard InChI is InChI=1S/C13H14ClN3/c1-9-3-4-10(7-12(9)14)13(15-2)11-5-6-16-17-8-11/h3-8,13,15H,1-2H3. The highest BCUT2D eigenvalue weighted by molar-refractivity contribution is 6.31. The lowest BCUT2D eigenvalue weighted by Gasteiger charge is -2.17. The molecule has 2 aromatic rings. The molecule has 4 heteroatoms. The van der Waals surface area contributed by atoms with E-state index in [1.807, 2.05) is 32.2 Å². The van der Waals surface area contributed by atoms with Gasteiger partial charge in [-0.2, -0.15) is 10.2 Å². The van der Waals surface area contributed by atoms with Gasteiger partial charge in [0.1, 0.15) is 0 Å². The molecular formula is C13H14ClN3. The Morgan fingerprint density at radius 3 is 2.59 bits per heavy atom. The van der Waals surface area contributed by atoms with Crippen molar-refractivity contribution in [1.82, 2.24) is 15.5 Å². The summed E-state index contributed by atoms with van der Waals surface area (Å²) in [7, 11) is 1.92. The van der Waals surface area contributed by atoms with Crippen LogP contribution in [0, 0.1) is 6.92 Å². The molecule has 0 aliphatic carbocycles. The van der Waals surface area contributed by atoms with Crippen LogP contribution in [0.5, 0.6) is 0 Å². The van der Waals surface area contributed by atoms with Gasteiger partial charge < -0.3 is 5.32 Å². The van der Waals surface area contributed by atoms with Crippen LogP contribution in [-0.4, -0.2) is 17.2 Å². The van der Waals surface area contributed by atoms with E-state index in [2.05, 4.69) is 21.6 Å². The summed E-state index contributed by atoms with van der Waals surface area (Å²) in [6, 6.07) is 8.11. The van der Waals surface area contributed by atoms with Crippen molar-refractivity contribution in [2.45, 2.75) is 13.0 Å². The molecule has 0 spiro atoms. The number of hydrogen-bond acceptors (Lipinski definition) is 3. The lowest BCUT2D eigenvalue weighted by atomic mass is 10.00. The molecule has 17 heavy (non-hydrogen) atoms. The Kier molecular flexibility index (Phi) is 3.71. The van der Waals surface area contributed by atoms with Gasteiger partial charge in [-0.3, -0.25) is 0 Å². The molecule has 0 saturated heterocycles. The second-order valence-corrected chi connectivity index (χ2v) is 4.31. The van der Waals surface area contributed by atoms with E-state index >= 15 is 0 Å². The summed E-state index contributed by atoms with van der Waals surface area (Å²) in [5.41, 5.74) is 3.27. The normalized spacial score (nSPS) is 12.4. The van der Waals surface area contributed by atoms with Crippen molar-refractivity contribution in [3.63, 3.8) is 0 Å². The Morgan fingerprint density at radius 2 is 2.00 bits per heavy atom. The van der Waals surface area contributed by atoms with Crippen LogP contribution < -0.4 is 5.32 Å². The van der Waals surface area contributed by atoms with Crippen molar-refractivity contribution in [2.24, 2.45) is 0 Å². The maximum Gasteiger partial charge on any atom is 0.0591 e. The van der Waals surface area contributed by atoms with E-state index in [0.717, 1.165) is 21.7 Å². The van der Waals surface area contributed by atoms with Crippen molar-refractivity contribution in [2.75, 3.05) is 7.05 Å². The van der Waals surface area contributed by atoms with Gasteiger partial charge in [-0.05, 0) is 42.8 Å². The third-order valence-electron chi connectivity index (χ3n) is 2.76. The average Bonchev–Trinajstić information content (AvgIpc) is 2.36. The minimum atomic E-state index is 0.0867. The van der Waals surface area contributed by atoms with E-state index in [1.165, 1.54) is 0 Å². The zero-order valence-electron chi connectivity index (χ0n) is 9.81. The monoisotopic (exact) mass is 247 g/mol. The predicted octanol–water partition coefficient (Wildman–Crippen LogP) is 2.75. The first-order chi connectivity index (χ1) is 8.22. The van der Waals surface area contributed by atoms with Crippen molar-refractivity contribution in [1.29, 1.82) is 0 Å². The van der Waals surface area contributed by atoms with Crippen LogP contribution in [0.2, 0.25) is 5.02 Å². The SMILES string of the molecule is CNC(c1ccnnc1)c1ccc(C)c(Cl)c1. The largest absolute Gasteiger partial charge is 0.309 e. The van der Waals surface area contributed by atoms with E-state index in [1.54, 1.807) is 12.4 Å². The molecule has 0 aliphatic rings. The maximum atomic E-state index is 6.15. The highest BCUT2D eigenvalue weighted by Gasteiger charge is 2.12. The third kappa shape index (κ3) is 2.62. The maximum absolute atomic E-state index is 6.15. The molecule has 1 aromatic heterocycles. The highest BCUT2D eigenvalue weighted by atomic mass is 35.5. The first-order valence-electron chi connectivity index (χ1n) is 5.42. The molecule has 1 aromatic carbocycles. The van der Waals surface area contributed by atoms with Crippen molar-refractivity contribution >= 4 is 11.6 Å². The summed E-state index contributed by atoms with van der Waals surface area (Å²) >= 11 is 6.15. The van der Waals surface area contributed by atoms with E-state index in [4.69, 9.17) is 11.6 Å². The first kappa shape index (κ1) is 12.0. The number of nitrogens with one attached hydrogen (secondary N) is 1. The van der Waals surface area contributed by atoms with E-state index in [0.29, 0.717) is 0 Å². The highest BCUT2D eigenvalue weighted by Crippen LogP contribution is 2.25. The Morgan fingerprint density at radius 1 is 1.18 bits per heavy atom. The van der Waals surface area contributed by atoms with Crippen LogP contribution in [0.3, 0.4) is 0 Å². The van der Waals surface area contributed by atoms with Gasteiger partial charge in [0.15, 0.2) is 0 Å². The molecule has 0 radical (unpaired) electrons. The second-order valence-electron chi connectivity index (χ2n) is 3.91. The Labute approximate surface area is 106 Å². The fourth-order valence-electron chi connectivity index (χ4n) is 1.79. The minimum Gasteiger partial charge on any atom is -0.309 e. The zero-order chi connectivity index (χ0) is 12.3. The number of hydrogen-bond donors (Lipinski definition) is 1. The van der Waals surface area contributed by atoms with E-state index in [9.17, 15) is 0 Å². The Hall–Kier alpha value is -1.45. The molecule has 1 heterocycles. The molecule has 1 unspecified atom stereocenters. The number of nitrogens with zero attached hydrogens (tertiary/aromatic N) is 2. The van der Waals surface area contributed by atoms with Crippen LogP contribution >= 0.6 is 11.6 Å². The van der Waals surface area contributed by atoms with Crippen LogP contribution in [0.15, 0.2) is 36.7 Å². The summed E-state index contributed by atoms with van der Waals surface area (Å²) < 4.78 is 0. The van der Waals surface area contributed by atoms with Crippen molar-refractivity contribution < 1.29 is 0 Å². The third-order valence-corrected chi connectivity index (χ3v) is 3.17. The van der Waals surface area contributed by atoms with Gasteiger partial charge >= 0.3 is 0 Å². The number of rotatable bonds is 3. The summed E-state index contributed by atoms with van der Waals surface area (Å²) in [4.78, 5) is 0. The van der Waals surface area contributed by atoms with Gasteiger partial charge in [-0.25, -0.2) is 0 Å². The van der Waals surface area contributed by atoms with Crippen LogP contribution in [-0.2, 0) is 0 Å². The molecule has 0 bridgehead atoms. The molecule has 1 N–H and O–H groups in total. The smallest absolute Gasteiger partial charge is 0.0591 e. The number of aromatic nitrogens is 2. The quantitative estimate of drug-likeness (QED) is 0.906.